The molecule has 1 saturated carbocycles. The molecule has 0 bridgehead atoms. The van der Waals surface area contributed by atoms with Crippen LogP contribution in [0.25, 0.3) is 0 Å². The molecule has 0 aromatic heterocycles. The number of hydroxylamine groups is 1. The molecule has 0 radical (unpaired) electrons. The maximum absolute atomic E-state index is 13.4. The van der Waals surface area contributed by atoms with Gasteiger partial charge in [-0.25, -0.2) is 9.59 Å². The van der Waals surface area contributed by atoms with E-state index in [1.54, 1.807) is 18.7 Å². The number of hydrogen-bond acceptors (Lipinski definition) is 6. The van der Waals surface area contributed by atoms with E-state index < -0.39 is 35.2 Å². The summed E-state index contributed by atoms with van der Waals surface area (Å²) in [6.07, 6.45) is 12.5. The van der Waals surface area contributed by atoms with E-state index in [0.29, 0.717) is 19.7 Å². The summed E-state index contributed by atoms with van der Waals surface area (Å²) in [5.41, 5.74) is 1.85. The van der Waals surface area contributed by atoms with Crippen LogP contribution in [0.2, 0.25) is 0 Å². The molecule has 2 N–H and O–H groups in total. The van der Waals surface area contributed by atoms with Gasteiger partial charge in [0.2, 0.25) is 5.91 Å². The van der Waals surface area contributed by atoms with Gasteiger partial charge in [-0.1, -0.05) is 99.3 Å². The number of nitrogens with zero attached hydrogens (tertiary/aromatic N) is 1. The minimum atomic E-state index is -0.864. The highest BCUT2D eigenvalue weighted by molar-refractivity contribution is 5.83. The molecule has 3 amide bonds. The first-order valence-electron chi connectivity index (χ1n) is 16.5. The van der Waals surface area contributed by atoms with Gasteiger partial charge in [0.25, 0.3) is 0 Å². The zero-order valence-corrected chi connectivity index (χ0v) is 27.9. The Kier molecular flexibility index (Phi) is 14.6. The van der Waals surface area contributed by atoms with Crippen molar-refractivity contribution in [2.45, 2.75) is 144 Å². The molecule has 1 aliphatic carbocycles. The predicted octanol–water partition coefficient (Wildman–Crippen LogP) is 6.74. The molecule has 2 aliphatic rings. The standard InChI is InChI=1S/C33H61N3O6/c1-9-10-11-12-13-14-18-21-36(23-31(2,3)4)30(39)35-42-29(38)26(25-19-16-15-17-20-25)22-34-28(37)27-32(5,6)24-40-33(7,8)41-27/h25-27H,9-24H2,1-8H3,(H,34,37)(H,35,39). The Bertz CT molecular complexity index is 847. The van der Waals surface area contributed by atoms with Gasteiger partial charge in [-0.15, -0.1) is 0 Å². The topological polar surface area (TPSA) is 106 Å². The smallest absolute Gasteiger partial charge is 0.350 e. The molecule has 9 heteroatoms. The van der Waals surface area contributed by atoms with E-state index >= 15 is 0 Å². The molecule has 42 heavy (non-hydrogen) atoms. The number of urea groups is 1. The first-order valence-corrected chi connectivity index (χ1v) is 16.5. The normalized spacial score (nSPS) is 21.3. The van der Waals surface area contributed by atoms with E-state index in [1.807, 2.05) is 13.8 Å². The average molecular weight is 596 g/mol. The van der Waals surface area contributed by atoms with Crippen molar-refractivity contribution in [2.24, 2.45) is 22.7 Å². The Hall–Kier alpha value is -1.87. The van der Waals surface area contributed by atoms with Crippen molar-refractivity contribution in [1.82, 2.24) is 15.7 Å². The fraction of sp³-hybridized carbons (Fsp3) is 0.909. The van der Waals surface area contributed by atoms with Gasteiger partial charge in [-0.2, -0.15) is 5.48 Å². The number of amides is 3. The summed E-state index contributed by atoms with van der Waals surface area (Å²) in [6, 6.07) is -0.393. The van der Waals surface area contributed by atoms with Crippen LogP contribution in [-0.2, 0) is 23.9 Å². The van der Waals surface area contributed by atoms with Crippen LogP contribution >= 0.6 is 0 Å². The third-order valence-electron chi connectivity index (χ3n) is 8.38. The second kappa shape index (κ2) is 16.8. The lowest BCUT2D eigenvalue weighted by atomic mass is 9.79. The molecule has 2 atom stereocenters. The van der Waals surface area contributed by atoms with Gasteiger partial charge in [0.15, 0.2) is 5.79 Å². The maximum atomic E-state index is 13.4. The second-order valence-electron chi connectivity index (χ2n) is 14.9. The summed E-state index contributed by atoms with van der Waals surface area (Å²) < 4.78 is 11.7. The summed E-state index contributed by atoms with van der Waals surface area (Å²) in [5, 5.41) is 2.97. The molecule has 9 nitrogen and oxygen atoms in total. The van der Waals surface area contributed by atoms with Crippen molar-refractivity contribution in [3.63, 3.8) is 0 Å². The maximum Gasteiger partial charge on any atom is 0.350 e. The van der Waals surface area contributed by atoms with Crippen molar-refractivity contribution in [3.8, 4) is 0 Å². The van der Waals surface area contributed by atoms with Crippen LogP contribution in [0, 0.1) is 22.7 Å². The molecule has 2 unspecified atom stereocenters. The van der Waals surface area contributed by atoms with Crippen LogP contribution < -0.4 is 10.8 Å². The number of carbonyl (C=O) groups is 3. The minimum Gasteiger partial charge on any atom is -0.353 e. The van der Waals surface area contributed by atoms with Gasteiger partial charge >= 0.3 is 12.0 Å². The third kappa shape index (κ3) is 12.8. The van der Waals surface area contributed by atoms with Crippen molar-refractivity contribution in [2.75, 3.05) is 26.2 Å². The first kappa shape index (κ1) is 36.3. The number of hydrogen-bond donors (Lipinski definition) is 2. The number of nitrogens with one attached hydrogen (secondary N) is 2. The Labute approximate surface area is 255 Å². The zero-order chi connectivity index (χ0) is 31.4. The number of carbonyl (C=O) groups excluding carboxylic acids is 3. The van der Waals surface area contributed by atoms with Gasteiger partial charge in [-0.3, -0.25) is 4.79 Å². The summed E-state index contributed by atoms with van der Waals surface area (Å²) in [4.78, 5) is 47.1. The monoisotopic (exact) mass is 595 g/mol. The highest BCUT2D eigenvalue weighted by Gasteiger charge is 2.46. The Balaban J connectivity index is 1.98. The van der Waals surface area contributed by atoms with Gasteiger partial charge < -0.3 is 24.5 Å². The SMILES string of the molecule is CCCCCCCCCN(CC(C)(C)C)C(=O)NOC(=O)C(CNC(=O)C1OC(C)(C)OCC1(C)C)C1CCCCC1. The summed E-state index contributed by atoms with van der Waals surface area (Å²) in [6.45, 7) is 17.7. The lowest BCUT2D eigenvalue weighted by Crippen LogP contribution is -2.57. The van der Waals surface area contributed by atoms with Gasteiger partial charge in [0.05, 0.1) is 12.5 Å². The van der Waals surface area contributed by atoms with Crippen molar-refractivity contribution >= 4 is 17.9 Å². The molecular formula is C33H61N3O6. The van der Waals surface area contributed by atoms with E-state index in [9.17, 15) is 14.4 Å². The highest BCUT2D eigenvalue weighted by Crippen LogP contribution is 2.35. The quantitative estimate of drug-likeness (QED) is 0.170. The molecule has 2 rings (SSSR count). The van der Waals surface area contributed by atoms with E-state index in [0.717, 1.165) is 44.9 Å². The molecule has 1 aliphatic heterocycles. The largest absolute Gasteiger partial charge is 0.353 e. The van der Waals surface area contributed by atoms with Gasteiger partial charge in [0.1, 0.15) is 6.10 Å². The lowest BCUT2D eigenvalue weighted by molar-refractivity contribution is -0.304. The Morgan fingerprint density at radius 1 is 0.952 bits per heavy atom. The summed E-state index contributed by atoms with van der Waals surface area (Å²) >= 11 is 0. The Morgan fingerprint density at radius 3 is 2.19 bits per heavy atom. The van der Waals surface area contributed by atoms with Crippen LogP contribution in [-0.4, -0.2) is 60.9 Å². The molecule has 1 heterocycles. The van der Waals surface area contributed by atoms with Crippen LogP contribution in [0.5, 0.6) is 0 Å². The second-order valence-corrected chi connectivity index (χ2v) is 14.9. The van der Waals surface area contributed by atoms with Crippen molar-refractivity contribution < 1.29 is 28.7 Å². The molecule has 1 saturated heterocycles. The van der Waals surface area contributed by atoms with E-state index in [-0.39, 0.29) is 23.8 Å². The molecular weight excluding hydrogens is 534 g/mol. The minimum absolute atomic E-state index is 0.0851. The van der Waals surface area contributed by atoms with E-state index in [4.69, 9.17) is 14.3 Å². The summed E-state index contributed by atoms with van der Waals surface area (Å²) in [7, 11) is 0. The molecule has 0 spiro atoms. The molecule has 0 aromatic carbocycles. The molecule has 2 fully saturated rings. The van der Waals surface area contributed by atoms with Gasteiger partial charge in [-0.05, 0) is 44.4 Å². The lowest BCUT2D eigenvalue weighted by Gasteiger charge is -2.44. The van der Waals surface area contributed by atoms with Crippen molar-refractivity contribution in [1.29, 1.82) is 0 Å². The summed E-state index contributed by atoms with van der Waals surface area (Å²) in [5.74, 6) is -2.10. The molecule has 0 aromatic rings. The number of ether oxygens (including phenoxy) is 2. The van der Waals surface area contributed by atoms with Crippen LogP contribution in [0.3, 0.4) is 0 Å². The van der Waals surface area contributed by atoms with Gasteiger partial charge in [0, 0.05) is 25.0 Å². The fourth-order valence-electron chi connectivity index (χ4n) is 5.92. The highest BCUT2D eigenvalue weighted by atomic mass is 16.7. The van der Waals surface area contributed by atoms with Crippen LogP contribution in [0.1, 0.15) is 132 Å². The zero-order valence-electron chi connectivity index (χ0n) is 27.9. The number of rotatable bonds is 14. The van der Waals surface area contributed by atoms with Crippen LogP contribution in [0.4, 0.5) is 4.79 Å². The Morgan fingerprint density at radius 2 is 1.57 bits per heavy atom. The fourth-order valence-corrected chi connectivity index (χ4v) is 5.92. The molecule has 244 valence electrons. The number of unbranched alkanes of at least 4 members (excludes halogenated alkanes) is 6. The predicted molar refractivity (Wildman–Crippen MR) is 165 cm³/mol. The first-order chi connectivity index (χ1) is 19.6. The van der Waals surface area contributed by atoms with E-state index in [1.165, 1.54) is 32.1 Å². The van der Waals surface area contributed by atoms with E-state index in [2.05, 4.69) is 38.5 Å². The van der Waals surface area contributed by atoms with Crippen LogP contribution in [0.15, 0.2) is 0 Å². The van der Waals surface area contributed by atoms with Crippen molar-refractivity contribution in [3.05, 3.63) is 0 Å². The third-order valence-corrected chi connectivity index (χ3v) is 8.38. The average Bonchev–Trinajstić information content (AvgIpc) is 2.92.